The van der Waals surface area contributed by atoms with Gasteiger partial charge in [0.15, 0.2) is 0 Å². The molecule has 3 nitrogen and oxygen atoms in total. The van der Waals surface area contributed by atoms with Crippen molar-refractivity contribution >= 4 is 5.91 Å². The first-order valence-electron chi connectivity index (χ1n) is 5.86. The first-order chi connectivity index (χ1) is 7.79. The molecular weight excluding hydrogens is 200 g/mol. The Labute approximate surface area is 96.2 Å². The summed E-state index contributed by atoms with van der Waals surface area (Å²) in [5.41, 5.74) is 2.50. The maximum atomic E-state index is 11.6. The summed E-state index contributed by atoms with van der Waals surface area (Å²) >= 11 is 0. The van der Waals surface area contributed by atoms with Crippen molar-refractivity contribution in [2.45, 2.75) is 19.9 Å². The summed E-state index contributed by atoms with van der Waals surface area (Å²) in [7, 11) is 0. The van der Waals surface area contributed by atoms with E-state index in [4.69, 9.17) is 0 Å². The summed E-state index contributed by atoms with van der Waals surface area (Å²) in [4.78, 5) is 11.6. The Morgan fingerprint density at radius 3 is 2.44 bits per heavy atom. The van der Waals surface area contributed by atoms with Crippen molar-refractivity contribution in [3.8, 4) is 0 Å². The molecule has 1 aromatic carbocycles. The van der Waals surface area contributed by atoms with Crippen LogP contribution in [0.1, 0.15) is 18.1 Å². The zero-order chi connectivity index (χ0) is 11.4. The van der Waals surface area contributed by atoms with Crippen molar-refractivity contribution < 1.29 is 4.79 Å². The number of rotatable bonds is 4. The molecule has 2 N–H and O–H groups in total. The Morgan fingerprint density at radius 2 is 1.94 bits per heavy atom. The molecular formula is C13H18N2O. The molecule has 86 valence electrons. The van der Waals surface area contributed by atoms with E-state index in [-0.39, 0.29) is 11.8 Å². The van der Waals surface area contributed by atoms with E-state index in [1.807, 2.05) is 0 Å². The number of hydrogen-bond donors (Lipinski definition) is 2. The van der Waals surface area contributed by atoms with Crippen LogP contribution in [0, 0.1) is 5.92 Å². The minimum Gasteiger partial charge on any atom is -0.352 e. The van der Waals surface area contributed by atoms with Crippen LogP contribution < -0.4 is 10.6 Å². The van der Waals surface area contributed by atoms with Gasteiger partial charge in [-0.15, -0.1) is 0 Å². The van der Waals surface area contributed by atoms with E-state index >= 15 is 0 Å². The monoisotopic (exact) mass is 218 g/mol. The number of amides is 1. The van der Waals surface area contributed by atoms with Gasteiger partial charge in [0, 0.05) is 19.6 Å². The van der Waals surface area contributed by atoms with E-state index in [1.54, 1.807) is 0 Å². The summed E-state index contributed by atoms with van der Waals surface area (Å²) in [6.45, 7) is 4.42. The normalized spacial score (nSPS) is 15.6. The molecule has 1 amide bonds. The molecule has 1 saturated heterocycles. The van der Waals surface area contributed by atoms with Gasteiger partial charge in [0.2, 0.25) is 5.91 Å². The zero-order valence-electron chi connectivity index (χ0n) is 9.62. The summed E-state index contributed by atoms with van der Waals surface area (Å²) in [6.07, 6.45) is 1.06. The molecule has 0 aromatic heterocycles. The van der Waals surface area contributed by atoms with E-state index in [1.165, 1.54) is 5.56 Å². The molecule has 1 fully saturated rings. The van der Waals surface area contributed by atoms with Crippen LogP contribution in [0.3, 0.4) is 0 Å². The molecule has 0 atom stereocenters. The van der Waals surface area contributed by atoms with Gasteiger partial charge in [0.1, 0.15) is 0 Å². The maximum absolute atomic E-state index is 11.6. The minimum atomic E-state index is 0.165. The van der Waals surface area contributed by atoms with Crippen LogP contribution in [-0.4, -0.2) is 19.0 Å². The molecule has 0 spiro atoms. The average molecular weight is 218 g/mol. The summed E-state index contributed by atoms with van der Waals surface area (Å²) in [5.74, 6) is 0.341. The van der Waals surface area contributed by atoms with Crippen LogP contribution in [0.15, 0.2) is 24.3 Å². The molecule has 0 radical (unpaired) electrons. The third kappa shape index (κ3) is 2.61. The topological polar surface area (TPSA) is 41.1 Å². The lowest BCUT2D eigenvalue weighted by Crippen LogP contribution is -2.50. The highest BCUT2D eigenvalue weighted by Crippen LogP contribution is 2.06. The lowest BCUT2D eigenvalue weighted by molar-refractivity contribution is -0.126. The van der Waals surface area contributed by atoms with Crippen LogP contribution in [-0.2, 0) is 17.8 Å². The molecule has 3 heteroatoms. The fraction of sp³-hybridized carbons (Fsp3) is 0.462. The number of carbonyl (C=O) groups is 1. The molecule has 0 bridgehead atoms. The largest absolute Gasteiger partial charge is 0.352 e. The first-order valence-corrected chi connectivity index (χ1v) is 5.86. The Balaban J connectivity index is 1.81. The van der Waals surface area contributed by atoms with Crippen LogP contribution in [0.25, 0.3) is 0 Å². The fourth-order valence-electron chi connectivity index (χ4n) is 1.70. The molecule has 0 saturated carbocycles. The van der Waals surface area contributed by atoms with Gasteiger partial charge >= 0.3 is 0 Å². The van der Waals surface area contributed by atoms with E-state index in [0.29, 0.717) is 6.54 Å². The molecule has 0 aliphatic carbocycles. The zero-order valence-corrected chi connectivity index (χ0v) is 9.62. The van der Waals surface area contributed by atoms with Gasteiger partial charge in [0.25, 0.3) is 0 Å². The van der Waals surface area contributed by atoms with Gasteiger partial charge in [-0.25, -0.2) is 0 Å². The average Bonchev–Trinajstić information content (AvgIpc) is 2.25. The Kier molecular flexibility index (Phi) is 3.57. The molecule has 0 unspecified atom stereocenters. The van der Waals surface area contributed by atoms with Crippen LogP contribution in [0.2, 0.25) is 0 Å². The second-order valence-electron chi connectivity index (χ2n) is 4.24. The smallest absolute Gasteiger partial charge is 0.225 e. The van der Waals surface area contributed by atoms with Gasteiger partial charge < -0.3 is 10.6 Å². The van der Waals surface area contributed by atoms with E-state index in [2.05, 4.69) is 41.8 Å². The second kappa shape index (κ2) is 5.12. The number of benzene rings is 1. The maximum Gasteiger partial charge on any atom is 0.225 e. The van der Waals surface area contributed by atoms with Crippen molar-refractivity contribution in [3.63, 3.8) is 0 Å². The number of hydrogen-bond acceptors (Lipinski definition) is 2. The molecule has 1 aliphatic heterocycles. The number of carbonyl (C=O) groups excluding carboxylic acids is 1. The Hall–Kier alpha value is -1.35. The Morgan fingerprint density at radius 1 is 1.31 bits per heavy atom. The third-order valence-electron chi connectivity index (χ3n) is 3.05. The standard InChI is InChI=1S/C13H18N2O/c1-2-10-3-5-11(6-4-10)7-15-13(16)12-8-14-9-12/h3-6,12,14H,2,7-9H2,1H3,(H,15,16). The third-order valence-corrected chi connectivity index (χ3v) is 3.05. The predicted molar refractivity (Wildman–Crippen MR) is 64.0 cm³/mol. The van der Waals surface area contributed by atoms with Crippen LogP contribution >= 0.6 is 0 Å². The highest BCUT2D eigenvalue weighted by molar-refractivity contribution is 5.79. The predicted octanol–water partition coefficient (Wildman–Crippen LogP) is 1.08. The van der Waals surface area contributed by atoms with Crippen molar-refractivity contribution in [2.75, 3.05) is 13.1 Å². The molecule has 1 aromatic rings. The fourth-order valence-corrected chi connectivity index (χ4v) is 1.70. The van der Waals surface area contributed by atoms with Crippen LogP contribution in [0.4, 0.5) is 0 Å². The summed E-state index contributed by atoms with van der Waals surface area (Å²) < 4.78 is 0. The van der Waals surface area contributed by atoms with Crippen molar-refractivity contribution in [3.05, 3.63) is 35.4 Å². The highest BCUT2D eigenvalue weighted by atomic mass is 16.2. The first kappa shape index (κ1) is 11.1. The van der Waals surface area contributed by atoms with Gasteiger partial charge in [-0.05, 0) is 17.5 Å². The Bertz CT molecular complexity index is 355. The van der Waals surface area contributed by atoms with Gasteiger partial charge in [-0.2, -0.15) is 0 Å². The molecule has 2 rings (SSSR count). The second-order valence-corrected chi connectivity index (χ2v) is 4.24. The van der Waals surface area contributed by atoms with Gasteiger partial charge in [-0.3, -0.25) is 4.79 Å². The number of nitrogens with one attached hydrogen (secondary N) is 2. The molecule has 16 heavy (non-hydrogen) atoms. The highest BCUT2D eigenvalue weighted by Gasteiger charge is 2.24. The van der Waals surface area contributed by atoms with E-state index in [0.717, 1.165) is 25.1 Å². The van der Waals surface area contributed by atoms with E-state index in [9.17, 15) is 4.79 Å². The van der Waals surface area contributed by atoms with Gasteiger partial charge in [-0.1, -0.05) is 31.2 Å². The minimum absolute atomic E-state index is 0.165. The lowest BCUT2D eigenvalue weighted by Gasteiger charge is -2.25. The lowest BCUT2D eigenvalue weighted by atomic mass is 10.0. The van der Waals surface area contributed by atoms with Crippen LogP contribution in [0.5, 0.6) is 0 Å². The quantitative estimate of drug-likeness (QED) is 0.794. The van der Waals surface area contributed by atoms with Crippen molar-refractivity contribution in [2.24, 2.45) is 5.92 Å². The van der Waals surface area contributed by atoms with Crippen molar-refractivity contribution in [1.29, 1.82) is 0 Å². The molecule has 1 aliphatic rings. The summed E-state index contributed by atoms with van der Waals surface area (Å²) in [5, 5.41) is 6.05. The van der Waals surface area contributed by atoms with E-state index < -0.39 is 0 Å². The summed E-state index contributed by atoms with van der Waals surface area (Å²) in [6, 6.07) is 8.40. The SMILES string of the molecule is CCc1ccc(CNC(=O)C2CNC2)cc1. The van der Waals surface area contributed by atoms with Crippen molar-refractivity contribution in [1.82, 2.24) is 10.6 Å². The van der Waals surface area contributed by atoms with Gasteiger partial charge in [0.05, 0.1) is 5.92 Å². The molecule has 1 heterocycles. The number of aryl methyl sites for hydroxylation is 1.